The van der Waals surface area contributed by atoms with E-state index >= 15 is 0 Å². The fraction of sp³-hybridized carbons (Fsp3) is 0.500. The number of halogens is 1. The molecule has 1 aromatic heterocycles. The van der Waals surface area contributed by atoms with E-state index in [0.717, 1.165) is 0 Å². The number of nitrogens with one attached hydrogen (secondary N) is 1. The molecule has 0 saturated heterocycles. The molecule has 5 heteroatoms. The Bertz CT molecular complexity index is 298. The molecule has 0 saturated carbocycles. The summed E-state index contributed by atoms with van der Waals surface area (Å²) in [6.45, 7) is 4.73. The molecule has 0 spiro atoms. The number of aromatic nitrogens is 1. The molecule has 0 aliphatic heterocycles. The molecular weight excluding hydrogens is 208 g/mol. The van der Waals surface area contributed by atoms with Crippen LogP contribution >= 0.6 is 22.9 Å². The van der Waals surface area contributed by atoms with Crippen LogP contribution in [-0.2, 0) is 0 Å². The van der Waals surface area contributed by atoms with Crippen molar-refractivity contribution in [3.63, 3.8) is 0 Å². The van der Waals surface area contributed by atoms with Crippen molar-refractivity contribution in [3.8, 4) is 0 Å². The summed E-state index contributed by atoms with van der Waals surface area (Å²) in [7, 11) is 0. The van der Waals surface area contributed by atoms with Crippen LogP contribution in [0.3, 0.4) is 0 Å². The molecule has 0 bridgehead atoms. The molecule has 0 aliphatic rings. The van der Waals surface area contributed by atoms with E-state index in [1.54, 1.807) is 5.38 Å². The zero-order valence-electron chi connectivity index (χ0n) is 7.50. The lowest BCUT2D eigenvalue weighted by molar-refractivity contribution is 0.0944. The van der Waals surface area contributed by atoms with Crippen LogP contribution in [0.2, 0.25) is 4.47 Å². The third-order valence-electron chi connectivity index (χ3n) is 1.38. The fourth-order valence-electron chi connectivity index (χ4n) is 0.744. The van der Waals surface area contributed by atoms with Gasteiger partial charge >= 0.3 is 0 Å². The molecule has 3 nitrogen and oxygen atoms in total. The van der Waals surface area contributed by atoms with E-state index in [1.807, 2.05) is 13.8 Å². The molecule has 0 atom stereocenters. The quantitative estimate of drug-likeness (QED) is 0.845. The molecule has 72 valence electrons. The summed E-state index contributed by atoms with van der Waals surface area (Å²) < 4.78 is 0.398. The minimum absolute atomic E-state index is 0.156. The van der Waals surface area contributed by atoms with Crippen LogP contribution in [0.15, 0.2) is 5.38 Å². The third kappa shape index (κ3) is 3.32. The Morgan fingerprint density at radius 2 is 2.46 bits per heavy atom. The van der Waals surface area contributed by atoms with Gasteiger partial charge in [-0.15, -0.1) is 11.3 Å². The van der Waals surface area contributed by atoms with Crippen molar-refractivity contribution < 1.29 is 4.79 Å². The van der Waals surface area contributed by atoms with E-state index in [-0.39, 0.29) is 5.91 Å². The largest absolute Gasteiger partial charge is 0.350 e. The minimum atomic E-state index is -0.156. The lowest BCUT2D eigenvalue weighted by Crippen LogP contribution is -2.27. The second kappa shape index (κ2) is 4.58. The topological polar surface area (TPSA) is 42.0 Å². The summed E-state index contributed by atoms with van der Waals surface area (Å²) in [4.78, 5) is 15.2. The molecular formula is C8H11ClN2OS. The second-order valence-electron chi connectivity index (χ2n) is 3.09. The lowest BCUT2D eigenvalue weighted by atomic mass is 10.2. The first-order chi connectivity index (χ1) is 6.09. The van der Waals surface area contributed by atoms with Gasteiger partial charge in [0.2, 0.25) is 0 Å². The summed E-state index contributed by atoms with van der Waals surface area (Å²) >= 11 is 6.86. The van der Waals surface area contributed by atoms with Crippen molar-refractivity contribution >= 4 is 28.8 Å². The van der Waals surface area contributed by atoms with Crippen molar-refractivity contribution in [2.75, 3.05) is 6.54 Å². The van der Waals surface area contributed by atoms with Gasteiger partial charge in [-0.05, 0) is 5.92 Å². The number of carbonyl (C=O) groups excluding carboxylic acids is 1. The molecule has 0 unspecified atom stereocenters. The van der Waals surface area contributed by atoms with Gasteiger partial charge in [-0.1, -0.05) is 25.4 Å². The van der Waals surface area contributed by atoms with Crippen LogP contribution in [0.4, 0.5) is 0 Å². The van der Waals surface area contributed by atoms with Gasteiger partial charge in [0.25, 0.3) is 5.91 Å². The number of thiazole rings is 1. The molecule has 1 heterocycles. The predicted molar refractivity (Wildman–Crippen MR) is 54.3 cm³/mol. The van der Waals surface area contributed by atoms with Crippen molar-refractivity contribution in [2.24, 2.45) is 5.92 Å². The lowest BCUT2D eigenvalue weighted by Gasteiger charge is -2.04. The summed E-state index contributed by atoms with van der Waals surface area (Å²) in [6, 6.07) is 0. The van der Waals surface area contributed by atoms with Gasteiger partial charge in [0.05, 0.1) is 0 Å². The first-order valence-corrected chi connectivity index (χ1v) is 5.24. The van der Waals surface area contributed by atoms with E-state index in [1.165, 1.54) is 11.3 Å². The molecule has 0 aromatic carbocycles. The van der Waals surface area contributed by atoms with Crippen molar-refractivity contribution in [2.45, 2.75) is 13.8 Å². The number of hydrogen-bond donors (Lipinski definition) is 1. The average Bonchev–Trinajstić information content (AvgIpc) is 2.47. The molecule has 1 N–H and O–H groups in total. The van der Waals surface area contributed by atoms with Crippen molar-refractivity contribution in [1.82, 2.24) is 10.3 Å². The van der Waals surface area contributed by atoms with Crippen molar-refractivity contribution in [1.29, 1.82) is 0 Å². The molecule has 1 amide bonds. The number of hydrogen-bond acceptors (Lipinski definition) is 3. The Morgan fingerprint density at radius 3 is 2.92 bits per heavy atom. The Labute approximate surface area is 86.1 Å². The first-order valence-electron chi connectivity index (χ1n) is 3.99. The van der Waals surface area contributed by atoms with Gasteiger partial charge < -0.3 is 5.32 Å². The number of nitrogens with zero attached hydrogens (tertiary/aromatic N) is 1. The highest BCUT2D eigenvalue weighted by molar-refractivity contribution is 7.14. The van der Waals surface area contributed by atoms with Crippen LogP contribution in [-0.4, -0.2) is 17.4 Å². The zero-order chi connectivity index (χ0) is 9.84. The molecule has 1 aromatic rings. The van der Waals surface area contributed by atoms with Gasteiger partial charge in [-0.2, -0.15) is 0 Å². The monoisotopic (exact) mass is 218 g/mol. The number of rotatable bonds is 3. The van der Waals surface area contributed by atoms with E-state index < -0.39 is 0 Å². The summed E-state index contributed by atoms with van der Waals surface area (Å²) in [5.41, 5.74) is 0.399. The van der Waals surface area contributed by atoms with Crippen LogP contribution in [0.5, 0.6) is 0 Å². The first kappa shape index (κ1) is 10.5. The van der Waals surface area contributed by atoms with Crippen LogP contribution in [0.1, 0.15) is 24.3 Å². The Hall–Kier alpha value is -0.610. The van der Waals surface area contributed by atoms with E-state index in [0.29, 0.717) is 22.6 Å². The maximum atomic E-state index is 11.3. The number of carbonyl (C=O) groups is 1. The van der Waals surface area contributed by atoms with Crippen LogP contribution in [0.25, 0.3) is 0 Å². The van der Waals surface area contributed by atoms with Crippen LogP contribution in [0, 0.1) is 5.92 Å². The van der Waals surface area contributed by atoms with E-state index in [4.69, 9.17) is 11.6 Å². The van der Waals surface area contributed by atoms with Gasteiger partial charge in [-0.25, -0.2) is 4.98 Å². The van der Waals surface area contributed by atoms with Gasteiger partial charge in [0, 0.05) is 11.9 Å². The van der Waals surface area contributed by atoms with Gasteiger partial charge in [0.15, 0.2) is 4.47 Å². The van der Waals surface area contributed by atoms with E-state index in [9.17, 15) is 4.79 Å². The zero-order valence-corrected chi connectivity index (χ0v) is 9.08. The Morgan fingerprint density at radius 1 is 1.77 bits per heavy atom. The standard InChI is InChI=1S/C8H11ClN2OS/c1-5(2)3-10-7(12)6-4-13-8(9)11-6/h4-5H,3H2,1-2H3,(H,10,12). The van der Waals surface area contributed by atoms with Crippen molar-refractivity contribution in [3.05, 3.63) is 15.5 Å². The molecule has 0 fully saturated rings. The smallest absolute Gasteiger partial charge is 0.270 e. The second-order valence-corrected chi connectivity index (χ2v) is 4.53. The number of amides is 1. The average molecular weight is 219 g/mol. The SMILES string of the molecule is CC(C)CNC(=O)c1csc(Cl)n1. The molecule has 1 rings (SSSR count). The Balaban J connectivity index is 2.49. The summed E-state index contributed by atoms with van der Waals surface area (Å²) in [5, 5.41) is 4.41. The van der Waals surface area contributed by atoms with Gasteiger partial charge in [-0.3, -0.25) is 4.79 Å². The predicted octanol–water partition coefficient (Wildman–Crippen LogP) is 2.18. The summed E-state index contributed by atoms with van der Waals surface area (Å²) in [6.07, 6.45) is 0. The third-order valence-corrected chi connectivity index (χ3v) is 2.36. The summed E-state index contributed by atoms with van der Waals surface area (Å²) in [5.74, 6) is 0.287. The molecule has 0 aliphatic carbocycles. The highest BCUT2D eigenvalue weighted by Crippen LogP contribution is 2.14. The van der Waals surface area contributed by atoms with Gasteiger partial charge in [0.1, 0.15) is 5.69 Å². The maximum Gasteiger partial charge on any atom is 0.270 e. The Kier molecular flexibility index (Phi) is 3.69. The van der Waals surface area contributed by atoms with Crippen LogP contribution < -0.4 is 5.32 Å². The fourth-order valence-corrected chi connectivity index (χ4v) is 1.49. The highest BCUT2D eigenvalue weighted by Gasteiger charge is 2.09. The molecule has 13 heavy (non-hydrogen) atoms. The minimum Gasteiger partial charge on any atom is -0.350 e. The van der Waals surface area contributed by atoms with E-state index in [2.05, 4.69) is 10.3 Å². The normalized spacial score (nSPS) is 10.5. The maximum absolute atomic E-state index is 11.3. The molecule has 0 radical (unpaired) electrons. The highest BCUT2D eigenvalue weighted by atomic mass is 35.5.